The molecule has 0 atom stereocenters. The van der Waals surface area contributed by atoms with E-state index >= 15 is 0 Å². The number of methoxy groups -OCH3 is 1. The number of rotatable bonds is 3. The van der Waals surface area contributed by atoms with E-state index in [0.717, 1.165) is 35.6 Å². The van der Waals surface area contributed by atoms with Crippen LogP contribution in [0.4, 0.5) is 13.2 Å². The third kappa shape index (κ3) is 2.53. The van der Waals surface area contributed by atoms with Crippen LogP contribution in [0.15, 0.2) is 30.3 Å². The summed E-state index contributed by atoms with van der Waals surface area (Å²) < 4.78 is 47.1. The van der Waals surface area contributed by atoms with Crippen molar-refractivity contribution in [1.29, 1.82) is 0 Å². The van der Waals surface area contributed by atoms with E-state index in [1.807, 2.05) is 0 Å². The number of aromatic carboxylic acids is 1. The predicted octanol–water partition coefficient (Wildman–Crippen LogP) is 4.69. The first-order chi connectivity index (χ1) is 10.9. The molecule has 0 aliphatic heterocycles. The zero-order valence-electron chi connectivity index (χ0n) is 11.7. The van der Waals surface area contributed by atoms with Crippen molar-refractivity contribution in [3.8, 4) is 16.9 Å². The number of carboxylic acids is 1. The first-order valence-electron chi connectivity index (χ1n) is 6.41. The number of benzene rings is 2. The summed E-state index contributed by atoms with van der Waals surface area (Å²) in [6.07, 6.45) is 0. The fourth-order valence-electron chi connectivity index (χ4n) is 2.38. The second kappa shape index (κ2) is 5.58. The van der Waals surface area contributed by atoms with Crippen LogP contribution in [0.3, 0.4) is 0 Å². The summed E-state index contributed by atoms with van der Waals surface area (Å²) in [5, 5.41) is 9.60. The minimum Gasteiger partial charge on any atom is -0.497 e. The number of hydrogen-bond donors (Lipinski definition) is 1. The van der Waals surface area contributed by atoms with Crippen molar-refractivity contribution in [2.75, 3.05) is 7.11 Å². The lowest BCUT2D eigenvalue weighted by Crippen LogP contribution is -1.99. The van der Waals surface area contributed by atoms with Gasteiger partial charge in [-0.2, -0.15) is 0 Å². The molecule has 0 aliphatic rings. The van der Waals surface area contributed by atoms with E-state index in [0.29, 0.717) is 4.70 Å². The largest absolute Gasteiger partial charge is 0.497 e. The molecule has 0 radical (unpaired) electrons. The molecular weight excluding hydrogens is 329 g/mol. The van der Waals surface area contributed by atoms with Gasteiger partial charge in [0, 0.05) is 27.8 Å². The maximum absolute atomic E-state index is 14.3. The van der Waals surface area contributed by atoms with Crippen molar-refractivity contribution in [3.63, 3.8) is 0 Å². The molecule has 0 saturated carbocycles. The lowest BCUT2D eigenvalue weighted by molar-refractivity contribution is 0.0703. The quantitative estimate of drug-likeness (QED) is 0.753. The number of carbonyl (C=O) groups is 1. The van der Waals surface area contributed by atoms with Gasteiger partial charge < -0.3 is 9.84 Å². The summed E-state index contributed by atoms with van der Waals surface area (Å²) in [6.45, 7) is 0. The summed E-state index contributed by atoms with van der Waals surface area (Å²) in [5.41, 5.74) is -0.573. The van der Waals surface area contributed by atoms with Crippen molar-refractivity contribution >= 4 is 27.4 Å². The van der Waals surface area contributed by atoms with Gasteiger partial charge >= 0.3 is 5.97 Å². The first-order valence-corrected chi connectivity index (χ1v) is 7.22. The minimum atomic E-state index is -1.34. The van der Waals surface area contributed by atoms with Gasteiger partial charge in [0.1, 0.15) is 28.1 Å². The predicted molar refractivity (Wildman–Crippen MR) is 80.6 cm³/mol. The number of carboxylic acid groups (broad SMARTS) is 1. The summed E-state index contributed by atoms with van der Waals surface area (Å²) in [6, 6.07) is 5.50. The summed E-state index contributed by atoms with van der Waals surface area (Å²) >= 11 is 0.764. The molecule has 1 aromatic heterocycles. The van der Waals surface area contributed by atoms with Crippen LogP contribution in [-0.2, 0) is 0 Å². The smallest absolute Gasteiger partial charge is 0.346 e. The van der Waals surface area contributed by atoms with Gasteiger partial charge in [0.15, 0.2) is 0 Å². The van der Waals surface area contributed by atoms with Crippen molar-refractivity contribution in [1.82, 2.24) is 0 Å². The lowest BCUT2D eigenvalue weighted by Gasteiger charge is -2.08. The highest BCUT2D eigenvalue weighted by Crippen LogP contribution is 2.42. The molecule has 2 aromatic carbocycles. The van der Waals surface area contributed by atoms with Crippen LogP contribution in [0.1, 0.15) is 9.67 Å². The van der Waals surface area contributed by atoms with E-state index in [1.165, 1.54) is 13.2 Å². The molecule has 0 bridgehead atoms. The topological polar surface area (TPSA) is 46.5 Å². The van der Waals surface area contributed by atoms with Gasteiger partial charge in [-0.1, -0.05) is 0 Å². The average molecular weight is 338 g/mol. The van der Waals surface area contributed by atoms with Gasteiger partial charge in [0.25, 0.3) is 0 Å². The molecular formula is C16H9F3O3S. The maximum Gasteiger partial charge on any atom is 0.346 e. The number of halogens is 3. The van der Waals surface area contributed by atoms with Crippen molar-refractivity contribution in [2.45, 2.75) is 0 Å². The maximum atomic E-state index is 14.3. The van der Waals surface area contributed by atoms with Crippen LogP contribution < -0.4 is 4.74 Å². The van der Waals surface area contributed by atoms with Gasteiger partial charge in [-0.3, -0.25) is 0 Å². The highest BCUT2D eigenvalue weighted by atomic mass is 32.1. The summed E-state index contributed by atoms with van der Waals surface area (Å²) in [5.74, 6) is -3.82. The Bertz CT molecular complexity index is 911. The van der Waals surface area contributed by atoms with Crippen LogP contribution in [0.25, 0.3) is 21.2 Å². The fraction of sp³-hybridized carbons (Fsp3) is 0.0625. The molecule has 3 rings (SSSR count). The second-order valence-corrected chi connectivity index (χ2v) is 5.77. The van der Waals surface area contributed by atoms with Gasteiger partial charge in [-0.05, 0) is 18.2 Å². The van der Waals surface area contributed by atoms with Gasteiger partial charge in [-0.25, -0.2) is 18.0 Å². The van der Waals surface area contributed by atoms with Crippen LogP contribution in [0.5, 0.6) is 5.75 Å². The SMILES string of the molecule is COc1cc(F)c(-c2c(C(=O)O)sc3cc(F)ccc23)c(F)c1. The van der Waals surface area contributed by atoms with Gasteiger partial charge in [0.2, 0.25) is 0 Å². The zero-order valence-corrected chi connectivity index (χ0v) is 12.5. The minimum absolute atomic E-state index is 0.0220. The third-order valence-electron chi connectivity index (χ3n) is 3.35. The van der Waals surface area contributed by atoms with E-state index in [1.54, 1.807) is 0 Å². The Morgan fingerprint density at radius 1 is 1.09 bits per heavy atom. The summed E-state index contributed by atoms with van der Waals surface area (Å²) in [7, 11) is 1.26. The molecule has 7 heteroatoms. The van der Waals surface area contributed by atoms with Gasteiger partial charge in [-0.15, -0.1) is 11.3 Å². The van der Waals surface area contributed by atoms with Crippen molar-refractivity contribution in [3.05, 3.63) is 52.7 Å². The van der Waals surface area contributed by atoms with Crippen LogP contribution in [-0.4, -0.2) is 18.2 Å². The second-order valence-electron chi connectivity index (χ2n) is 4.72. The third-order valence-corrected chi connectivity index (χ3v) is 4.49. The Balaban J connectivity index is 2.40. The fourth-order valence-corrected chi connectivity index (χ4v) is 3.45. The Morgan fingerprint density at radius 3 is 2.30 bits per heavy atom. The molecule has 1 N–H and O–H groups in total. The number of fused-ring (bicyclic) bond motifs is 1. The van der Waals surface area contributed by atoms with Crippen molar-refractivity contribution in [2.24, 2.45) is 0 Å². The highest BCUT2D eigenvalue weighted by molar-refractivity contribution is 7.21. The monoisotopic (exact) mass is 338 g/mol. The zero-order chi connectivity index (χ0) is 16.7. The normalized spacial score (nSPS) is 11.0. The molecule has 1 heterocycles. The molecule has 23 heavy (non-hydrogen) atoms. The number of hydrogen-bond acceptors (Lipinski definition) is 3. The van der Waals surface area contributed by atoms with Gasteiger partial charge in [0.05, 0.1) is 12.7 Å². The Labute approximate surface area is 132 Å². The molecule has 0 unspecified atom stereocenters. The molecule has 0 fully saturated rings. The van der Waals surface area contributed by atoms with Crippen molar-refractivity contribution < 1.29 is 27.8 Å². The molecule has 0 amide bonds. The molecule has 0 aliphatic carbocycles. The molecule has 118 valence electrons. The number of ether oxygens (including phenoxy) is 1. The van der Waals surface area contributed by atoms with Crippen LogP contribution in [0, 0.1) is 17.5 Å². The first kappa shape index (κ1) is 15.4. The number of thiophene rings is 1. The molecule has 0 saturated heterocycles. The van der Waals surface area contributed by atoms with E-state index in [9.17, 15) is 23.1 Å². The van der Waals surface area contributed by atoms with Crippen LogP contribution >= 0.6 is 11.3 Å². The Morgan fingerprint density at radius 2 is 1.74 bits per heavy atom. The lowest BCUT2D eigenvalue weighted by atomic mass is 10.0. The Kier molecular flexibility index (Phi) is 3.73. The highest BCUT2D eigenvalue weighted by Gasteiger charge is 2.25. The molecule has 3 aromatic rings. The summed E-state index contributed by atoms with van der Waals surface area (Å²) in [4.78, 5) is 11.2. The average Bonchev–Trinajstić information content (AvgIpc) is 2.85. The van der Waals surface area contributed by atoms with E-state index in [4.69, 9.17) is 4.74 Å². The van der Waals surface area contributed by atoms with Crippen LogP contribution in [0.2, 0.25) is 0 Å². The molecule has 0 spiro atoms. The van der Waals surface area contributed by atoms with E-state index in [2.05, 4.69) is 0 Å². The van der Waals surface area contributed by atoms with E-state index in [-0.39, 0.29) is 21.6 Å². The van der Waals surface area contributed by atoms with E-state index < -0.39 is 29.0 Å². The molecule has 3 nitrogen and oxygen atoms in total. The Hall–Kier alpha value is -2.54. The standard InChI is InChI=1S/C16H9F3O3S/c1-22-8-5-10(18)14(11(19)6-8)13-9-3-2-7(17)4-12(9)23-15(13)16(20)21/h2-6H,1H3,(H,20,21).